The number of hydrogen-bond donors (Lipinski definition) is 4. The molecule has 1 aliphatic rings. The third-order valence-corrected chi connectivity index (χ3v) is 6.57. The van der Waals surface area contributed by atoms with Crippen molar-refractivity contribution in [1.82, 2.24) is 10.3 Å². The first kappa shape index (κ1) is 26.5. The normalized spacial score (nSPS) is 15.5. The maximum atomic E-state index is 13.2. The second kappa shape index (κ2) is 11.7. The van der Waals surface area contributed by atoms with Gasteiger partial charge in [-0.1, -0.05) is 24.3 Å². The van der Waals surface area contributed by atoms with E-state index in [-0.39, 0.29) is 18.3 Å². The Bertz CT molecular complexity index is 1290. The maximum Gasteiger partial charge on any atom is 0.430 e. The average Bonchev–Trinajstić information content (AvgIpc) is 3.54. The SMILES string of the molecule is NCc1cccc(N=C(C=C(N)C(F)(F)F)C(=O)Nc2cccc(C(NCC3CC3)c3nccs3)c2)c1. The molecule has 11 heteroatoms. The van der Waals surface area contributed by atoms with Crippen molar-refractivity contribution in [3.63, 3.8) is 0 Å². The van der Waals surface area contributed by atoms with Gasteiger partial charge in [0.2, 0.25) is 0 Å². The van der Waals surface area contributed by atoms with Crippen LogP contribution in [-0.2, 0) is 11.3 Å². The number of thiazole rings is 1. The highest BCUT2D eigenvalue weighted by molar-refractivity contribution is 7.09. The summed E-state index contributed by atoms with van der Waals surface area (Å²) in [7, 11) is 0. The van der Waals surface area contributed by atoms with Gasteiger partial charge in [0, 0.05) is 23.8 Å². The standard InChI is InChI=1S/C26H27F3N6OS/c27-26(28,29)22(31)13-21(34-19-5-1-3-17(11-19)14-30)24(36)35-20-6-2-4-18(12-20)23(25-32-9-10-37-25)33-15-16-7-8-16/h1-6,9-13,16,23,33H,7-8,14-15,30-31H2,(H,35,36). The van der Waals surface area contributed by atoms with Gasteiger partial charge in [0.25, 0.3) is 5.91 Å². The molecule has 1 aromatic heterocycles. The zero-order chi connectivity index (χ0) is 26.4. The molecule has 0 aliphatic heterocycles. The number of halogens is 3. The lowest BCUT2D eigenvalue weighted by Crippen LogP contribution is -2.27. The Hall–Kier alpha value is -3.54. The number of aliphatic imine (C=N–C) groups is 1. The minimum absolute atomic E-state index is 0.176. The summed E-state index contributed by atoms with van der Waals surface area (Å²) < 4.78 is 39.5. The van der Waals surface area contributed by atoms with Gasteiger partial charge in [0.05, 0.1) is 11.7 Å². The zero-order valence-corrected chi connectivity index (χ0v) is 20.6. The fourth-order valence-corrected chi connectivity index (χ4v) is 4.33. The first-order valence-electron chi connectivity index (χ1n) is 11.7. The van der Waals surface area contributed by atoms with Crippen LogP contribution in [0.5, 0.6) is 0 Å². The summed E-state index contributed by atoms with van der Waals surface area (Å²) in [6, 6.07) is 13.5. The number of rotatable bonds is 10. The molecule has 4 rings (SSSR count). The first-order chi connectivity index (χ1) is 17.7. The van der Waals surface area contributed by atoms with E-state index in [1.54, 1.807) is 48.7 Å². The molecule has 1 amide bonds. The molecule has 0 bridgehead atoms. The largest absolute Gasteiger partial charge is 0.430 e. The molecule has 3 aromatic rings. The molecule has 2 aromatic carbocycles. The monoisotopic (exact) mass is 528 g/mol. The highest BCUT2D eigenvalue weighted by atomic mass is 32.1. The maximum absolute atomic E-state index is 13.2. The number of nitrogens with two attached hydrogens (primary N) is 2. The van der Waals surface area contributed by atoms with E-state index < -0.39 is 23.5 Å². The number of aromatic nitrogens is 1. The molecule has 194 valence electrons. The predicted octanol–water partition coefficient (Wildman–Crippen LogP) is 4.81. The number of amides is 1. The fourth-order valence-electron chi connectivity index (χ4n) is 3.59. The Morgan fingerprint density at radius 2 is 2.00 bits per heavy atom. The van der Waals surface area contributed by atoms with E-state index in [4.69, 9.17) is 11.5 Å². The van der Waals surface area contributed by atoms with Gasteiger partial charge in [-0.15, -0.1) is 11.3 Å². The molecule has 0 radical (unpaired) electrons. The van der Waals surface area contributed by atoms with Gasteiger partial charge in [-0.2, -0.15) is 13.2 Å². The lowest BCUT2D eigenvalue weighted by Gasteiger charge is -2.18. The number of nitrogens with zero attached hydrogens (tertiary/aromatic N) is 2. The smallest absolute Gasteiger partial charge is 0.395 e. The Morgan fingerprint density at radius 3 is 2.68 bits per heavy atom. The minimum Gasteiger partial charge on any atom is -0.395 e. The molecule has 1 saturated carbocycles. The summed E-state index contributed by atoms with van der Waals surface area (Å²) in [6.07, 6.45) is -0.160. The van der Waals surface area contributed by atoms with Crippen LogP contribution >= 0.6 is 11.3 Å². The number of carbonyl (C=O) groups is 1. The quantitative estimate of drug-likeness (QED) is 0.282. The van der Waals surface area contributed by atoms with Crippen LogP contribution in [0.15, 0.2) is 76.9 Å². The Kier molecular flexibility index (Phi) is 8.37. The number of alkyl halides is 3. The third-order valence-electron chi connectivity index (χ3n) is 5.73. The predicted molar refractivity (Wildman–Crippen MR) is 140 cm³/mol. The molecule has 6 N–H and O–H groups in total. The van der Waals surface area contributed by atoms with Gasteiger partial charge < -0.3 is 22.1 Å². The fraction of sp³-hybridized carbons (Fsp3) is 0.269. The van der Waals surface area contributed by atoms with E-state index >= 15 is 0 Å². The minimum atomic E-state index is -4.81. The molecule has 1 fully saturated rings. The van der Waals surface area contributed by atoms with Crippen molar-refractivity contribution in [2.75, 3.05) is 11.9 Å². The Balaban J connectivity index is 1.61. The molecule has 37 heavy (non-hydrogen) atoms. The van der Waals surface area contributed by atoms with E-state index in [0.717, 1.165) is 17.1 Å². The van der Waals surface area contributed by atoms with Crippen LogP contribution in [-0.4, -0.2) is 29.3 Å². The van der Waals surface area contributed by atoms with Gasteiger partial charge in [-0.3, -0.25) is 4.79 Å². The summed E-state index contributed by atoms with van der Waals surface area (Å²) in [5.41, 5.74) is 11.2. The second-order valence-electron chi connectivity index (χ2n) is 8.70. The number of allylic oxidation sites excluding steroid dienone is 1. The van der Waals surface area contributed by atoms with Crippen molar-refractivity contribution in [3.05, 3.63) is 88.0 Å². The van der Waals surface area contributed by atoms with Crippen LogP contribution in [0.4, 0.5) is 24.5 Å². The van der Waals surface area contributed by atoms with Crippen molar-refractivity contribution in [2.45, 2.75) is 31.6 Å². The summed E-state index contributed by atoms with van der Waals surface area (Å²) in [5.74, 6) is -0.188. The highest BCUT2D eigenvalue weighted by Crippen LogP contribution is 2.31. The Morgan fingerprint density at radius 1 is 1.22 bits per heavy atom. The highest BCUT2D eigenvalue weighted by Gasteiger charge is 2.32. The van der Waals surface area contributed by atoms with Gasteiger partial charge >= 0.3 is 6.18 Å². The van der Waals surface area contributed by atoms with Gasteiger partial charge in [0.15, 0.2) is 0 Å². The van der Waals surface area contributed by atoms with Crippen LogP contribution in [0, 0.1) is 5.92 Å². The average molecular weight is 529 g/mol. The van der Waals surface area contributed by atoms with Crippen molar-refractivity contribution >= 4 is 34.3 Å². The lowest BCUT2D eigenvalue weighted by atomic mass is 10.1. The van der Waals surface area contributed by atoms with Crippen LogP contribution in [0.1, 0.15) is 35.0 Å². The van der Waals surface area contributed by atoms with Crippen LogP contribution in [0.2, 0.25) is 0 Å². The molecular weight excluding hydrogens is 501 g/mol. The van der Waals surface area contributed by atoms with Gasteiger partial charge in [-0.05, 0) is 66.8 Å². The first-order valence-corrected chi connectivity index (χ1v) is 12.6. The third kappa shape index (κ3) is 7.48. The van der Waals surface area contributed by atoms with Crippen LogP contribution in [0.3, 0.4) is 0 Å². The molecular formula is C26H27F3N6OS. The van der Waals surface area contributed by atoms with Crippen LogP contribution in [0.25, 0.3) is 0 Å². The summed E-state index contributed by atoms with van der Waals surface area (Å²) in [4.78, 5) is 21.7. The zero-order valence-electron chi connectivity index (χ0n) is 19.8. The molecule has 0 saturated heterocycles. The molecule has 1 heterocycles. The van der Waals surface area contributed by atoms with E-state index in [0.29, 0.717) is 23.2 Å². The number of anilines is 1. The van der Waals surface area contributed by atoms with E-state index in [2.05, 4.69) is 20.6 Å². The summed E-state index contributed by atoms with van der Waals surface area (Å²) in [6.45, 7) is 1.06. The van der Waals surface area contributed by atoms with Crippen LogP contribution < -0.4 is 22.1 Å². The number of nitrogens with one attached hydrogen (secondary N) is 2. The lowest BCUT2D eigenvalue weighted by molar-refractivity contribution is -0.110. The Labute approximate surface area is 216 Å². The number of benzene rings is 2. The topological polar surface area (TPSA) is 118 Å². The molecule has 0 spiro atoms. The number of hydrogen-bond acceptors (Lipinski definition) is 7. The summed E-state index contributed by atoms with van der Waals surface area (Å²) >= 11 is 1.52. The summed E-state index contributed by atoms with van der Waals surface area (Å²) in [5, 5.41) is 8.98. The van der Waals surface area contributed by atoms with Crippen molar-refractivity contribution in [2.24, 2.45) is 22.4 Å². The van der Waals surface area contributed by atoms with Crippen molar-refractivity contribution in [1.29, 1.82) is 0 Å². The number of carbonyl (C=O) groups excluding carboxylic acids is 1. The van der Waals surface area contributed by atoms with Crippen molar-refractivity contribution in [3.8, 4) is 0 Å². The van der Waals surface area contributed by atoms with Crippen molar-refractivity contribution < 1.29 is 18.0 Å². The molecule has 1 aliphatic carbocycles. The molecule has 1 unspecified atom stereocenters. The van der Waals surface area contributed by atoms with Gasteiger partial charge in [-0.25, -0.2) is 9.98 Å². The van der Waals surface area contributed by atoms with Gasteiger partial charge in [0.1, 0.15) is 16.4 Å². The second-order valence-corrected chi connectivity index (χ2v) is 9.63. The molecule has 1 atom stereocenters. The van der Waals surface area contributed by atoms with E-state index in [9.17, 15) is 18.0 Å². The van der Waals surface area contributed by atoms with E-state index in [1.807, 2.05) is 11.4 Å². The van der Waals surface area contributed by atoms with E-state index in [1.165, 1.54) is 24.2 Å². The molecule has 7 nitrogen and oxygen atoms in total.